The number of nitrogens with one attached hydrogen (secondary N) is 2. The van der Waals surface area contributed by atoms with Crippen LogP contribution in [0, 0.1) is 6.92 Å². The zero-order valence-electron chi connectivity index (χ0n) is 11.3. The van der Waals surface area contributed by atoms with E-state index in [1.54, 1.807) is 12.1 Å². The molecule has 0 aromatic heterocycles. The summed E-state index contributed by atoms with van der Waals surface area (Å²) in [6.45, 7) is 1.87. The van der Waals surface area contributed by atoms with Gasteiger partial charge in [-0.05, 0) is 43.0 Å². The monoisotopic (exact) mass is 316 g/mol. The van der Waals surface area contributed by atoms with Crippen molar-refractivity contribution in [1.82, 2.24) is 5.32 Å². The highest BCUT2D eigenvalue weighted by atomic mass is 35.5. The Morgan fingerprint density at radius 1 is 1.45 bits per heavy atom. The number of carbonyl (C=O) groups excluding carboxylic acids is 1. The Balaban J connectivity index is 2.65. The van der Waals surface area contributed by atoms with Gasteiger partial charge in [-0.2, -0.15) is 11.8 Å². The highest BCUT2D eigenvalue weighted by Gasteiger charge is 2.19. The van der Waals surface area contributed by atoms with Crippen molar-refractivity contribution in [2.24, 2.45) is 0 Å². The number of aliphatic carboxylic acids is 1. The third kappa shape index (κ3) is 5.30. The minimum atomic E-state index is -1.05. The molecule has 20 heavy (non-hydrogen) atoms. The Bertz CT molecular complexity index is 497. The van der Waals surface area contributed by atoms with Crippen LogP contribution < -0.4 is 10.6 Å². The van der Waals surface area contributed by atoms with E-state index in [9.17, 15) is 9.59 Å². The molecule has 2 amide bonds. The van der Waals surface area contributed by atoms with Gasteiger partial charge in [0.15, 0.2) is 0 Å². The Labute approximate surface area is 127 Å². The number of halogens is 1. The van der Waals surface area contributed by atoms with Crippen molar-refractivity contribution in [2.75, 3.05) is 17.3 Å². The fourth-order valence-electron chi connectivity index (χ4n) is 1.54. The summed E-state index contributed by atoms with van der Waals surface area (Å²) in [5, 5.41) is 14.4. The van der Waals surface area contributed by atoms with Gasteiger partial charge in [0.05, 0.1) is 10.7 Å². The molecule has 0 aliphatic heterocycles. The summed E-state index contributed by atoms with van der Waals surface area (Å²) in [5.41, 5.74) is 1.40. The van der Waals surface area contributed by atoms with Crippen LogP contribution in [-0.4, -0.2) is 35.2 Å². The van der Waals surface area contributed by atoms with Crippen LogP contribution in [0.5, 0.6) is 0 Å². The first-order valence-corrected chi connectivity index (χ1v) is 7.76. The lowest BCUT2D eigenvalue weighted by Gasteiger charge is -2.15. The summed E-state index contributed by atoms with van der Waals surface area (Å²) in [4.78, 5) is 22.8. The van der Waals surface area contributed by atoms with Gasteiger partial charge in [0.2, 0.25) is 0 Å². The summed E-state index contributed by atoms with van der Waals surface area (Å²) in [6, 6.07) is 3.73. The molecule has 0 aliphatic rings. The number of thioether (sulfide) groups is 1. The average molecular weight is 317 g/mol. The number of urea groups is 1. The molecule has 110 valence electrons. The van der Waals surface area contributed by atoms with Crippen molar-refractivity contribution in [3.05, 3.63) is 28.8 Å². The van der Waals surface area contributed by atoms with Gasteiger partial charge in [0.1, 0.15) is 6.04 Å². The molecule has 0 saturated carbocycles. The number of carboxylic acid groups (broad SMARTS) is 1. The maximum absolute atomic E-state index is 11.8. The van der Waals surface area contributed by atoms with Crippen molar-refractivity contribution in [1.29, 1.82) is 0 Å². The molecule has 0 aliphatic carbocycles. The van der Waals surface area contributed by atoms with E-state index in [1.807, 2.05) is 19.2 Å². The van der Waals surface area contributed by atoms with Gasteiger partial charge in [-0.15, -0.1) is 0 Å². The van der Waals surface area contributed by atoms with Crippen molar-refractivity contribution in [3.63, 3.8) is 0 Å². The lowest BCUT2D eigenvalue weighted by Crippen LogP contribution is -2.43. The van der Waals surface area contributed by atoms with Crippen LogP contribution in [0.25, 0.3) is 0 Å². The minimum absolute atomic E-state index is 0.367. The molecule has 3 N–H and O–H groups in total. The van der Waals surface area contributed by atoms with E-state index in [-0.39, 0.29) is 0 Å². The Hall–Kier alpha value is -1.40. The topological polar surface area (TPSA) is 78.4 Å². The third-order valence-corrected chi connectivity index (χ3v) is 3.56. The number of rotatable bonds is 6. The van der Waals surface area contributed by atoms with E-state index in [0.29, 0.717) is 22.9 Å². The van der Waals surface area contributed by atoms with Gasteiger partial charge in [0.25, 0.3) is 0 Å². The quantitative estimate of drug-likeness (QED) is 0.754. The van der Waals surface area contributed by atoms with Gasteiger partial charge < -0.3 is 15.7 Å². The summed E-state index contributed by atoms with van der Waals surface area (Å²) in [5.74, 6) is -0.396. The van der Waals surface area contributed by atoms with E-state index in [1.165, 1.54) is 11.8 Å². The molecule has 0 fully saturated rings. The predicted molar refractivity (Wildman–Crippen MR) is 82.8 cm³/mol. The molecule has 0 unspecified atom stereocenters. The number of amides is 2. The van der Waals surface area contributed by atoms with Crippen molar-refractivity contribution in [2.45, 2.75) is 19.4 Å². The average Bonchev–Trinajstić information content (AvgIpc) is 2.38. The van der Waals surface area contributed by atoms with Crippen LogP contribution in [-0.2, 0) is 4.79 Å². The maximum atomic E-state index is 11.8. The van der Waals surface area contributed by atoms with Crippen molar-refractivity contribution >= 4 is 41.1 Å². The standard InChI is InChI=1S/C13H17ClN2O3S/c1-8-3-4-9(14)11(7-8)16-13(19)15-10(12(17)18)5-6-20-2/h3-4,7,10H,5-6H2,1-2H3,(H,17,18)(H2,15,16,19)/t10-/m0/s1. The van der Waals surface area contributed by atoms with Crippen molar-refractivity contribution < 1.29 is 14.7 Å². The highest BCUT2D eigenvalue weighted by Crippen LogP contribution is 2.22. The Morgan fingerprint density at radius 2 is 2.15 bits per heavy atom. The summed E-state index contributed by atoms with van der Waals surface area (Å²) in [7, 11) is 0. The van der Waals surface area contributed by atoms with E-state index in [0.717, 1.165) is 5.56 Å². The van der Waals surface area contributed by atoms with Gasteiger partial charge in [-0.3, -0.25) is 0 Å². The first-order chi connectivity index (χ1) is 9.43. The second-order valence-electron chi connectivity index (χ2n) is 4.25. The smallest absolute Gasteiger partial charge is 0.326 e. The number of benzene rings is 1. The maximum Gasteiger partial charge on any atom is 0.326 e. The number of carboxylic acids is 1. The summed E-state index contributed by atoms with van der Waals surface area (Å²) < 4.78 is 0. The second-order valence-corrected chi connectivity index (χ2v) is 5.65. The number of carbonyl (C=O) groups is 2. The molecule has 0 heterocycles. The molecule has 0 spiro atoms. The molecular formula is C13H17ClN2O3S. The van der Waals surface area contributed by atoms with Gasteiger partial charge >= 0.3 is 12.0 Å². The Morgan fingerprint density at radius 3 is 2.75 bits per heavy atom. The van der Waals surface area contributed by atoms with Gasteiger partial charge in [0, 0.05) is 0 Å². The zero-order chi connectivity index (χ0) is 15.1. The summed E-state index contributed by atoms with van der Waals surface area (Å²) in [6.07, 6.45) is 2.25. The normalized spacial score (nSPS) is 11.8. The largest absolute Gasteiger partial charge is 0.480 e. The van der Waals surface area contributed by atoms with Gasteiger partial charge in [-0.1, -0.05) is 17.7 Å². The van der Waals surface area contributed by atoms with Crippen LogP contribution in [0.2, 0.25) is 5.02 Å². The lowest BCUT2D eigenvalue weighted by atomic mass is 10.2. The number of hydrogen-bond donors (Lipinski definition) is 3. The molecule has 0 saturated heterocycles. The Kier molecular flexibility index (Phi) is 6.67. The van der Waals surface area contributed by atoms with Crippen LogP contribution in [0.15, 0.2) is 18.2 Å². The fraction of sp³-hybridized carbons (Fsp3) is 0.385. The molecule has 1 atom stereocenters. The van der Waals surface area contributed by atoms with Crippen LogP contribution in [0.4, 0.5) is 10.5 Å². The lowest BCUT2D eigenvalue weighted by molar-refractivity contribution is -0.139. The number of anilines is 1. The van der Waals surface area contributed by atoms with Crippen LogP contribution in [0.1, 0.15) is 12.0 Å². The summed E-state index contributed by atoms with van der Waals surface area (Å²) >= 11 is 7.49. The molecule has 0 radical (unpaired) electrons. The molecule has 1 rings (SSSR count). The van der Waals surface area contributed by atoms with Gasteiger partial charge in [-0.25, -0.2) is 9.59 Å². The van der Waals surface area contributed by atoms with Crippen LogP contribution in [0.3, 0.4) is 0 Å². The molecule has 1 aromatic rings. The van der Waals surface area contributed by atoms with E-state index >= 15 is 0 Å². The van der Waals surface area contributed by atoms with E-state index in [4.69, 9.17) is 16.7 Å². The highest BCUT2D eigenvalue weighted by molar-refractivity contribution is 7.98. The molecule has 7 heteroatoms. The van der Waals surface area contributed by atoms with Crippen LogP contribution >= 0.6 is 23.4 Å². The number of hydrogen-bond acceptors (Lipinski definition) is 3. The number of aryl methyl sites for hydroxylation is 1. The first kappa shape index (κ1) is 16.7. The molecule has 1 aromatic carbocycles. The first-order valence-electron chi connectivity index (χ1n) is 5.99. The van der Waals surface area contributed by atoms with E-state index < -0.39 is 18.0 Å². The predicted octanol–water partition coefficient (Wildman–Crippen LogP) is 2.98. The molecule has 5 nitrogen and oxygen atoms in total. The zero-order valence-corrected chi connectivity index (χ0v) is 12.8. The fourth-order valence-corrected chi connectivity index (χ4v) is 2.18. The van der Waals surface area contributed by atoms with Crippen molar-refractivity contribution in [3.8, 4) is 0 Å². The second kappa shape index (κ2) is 8.01. The SMILES string of the molecule is CSCC[C@H](NC(=O)Nc1cc(C)ccc1Cl)C(=O)O. The van der Waals surface area contributed by atoms with E-state index in [2.05, 4.69) is 10.6 Å². The third-order valence-electron chi connectivity index (χ3n) is 2.58. The molecular weight excluding hydrogens is 300 g/mol. The molecule has 0 bridgehead atoms. The minimum Gasteiger partial charge on any atom is -0.480 e.